The molecule has 5 nitrogen and oxygen atoms in total. The summed E-state index contributed by atoms with van der Waals surface area (Å²) in [6.45, 7) is 1.78. The van der Waals surface area contributed by atoms with E-state index in [0.29, 0.717) is 30.9 Å². The van der Waals surface area contributed by atoms with Crippen molar-refractivity contribution in [1.29, 1.82) is 0 Å². The summed E-state index contributed by atoms with van der Waals surface area (Å²) in [6, 6.07) is 13.7. The van der Waals surface area contributed by atoms with Crippen LogP contribution in [0.4, 0.5) is 0 Å². The van der Waals surface area contributed by atoms with Gasteiger partial charge in [0.1, 0.15) is 5.75 Å². The van der Waals surface area contributed by atoms with Crippen LogP contribution in [0.15, 0.2) is 42.5 Å². The Morgan fingerprint density at radius 2 is 1.88 bits per heavy atom. The molecule has 0 fully saturated rings. The Morgan fingerprint density at radius 1 is 1.08 bits per heavy atom. The fraction of sp³-hybridized carbons (Fsp3) is 0.263. The van der Waals surface area contributed by atoms with Crippen molar-refractivity contribution in [2.75, 3.05) is 13.2 Å². The minimum atomic E-state index is -0.139. The molecule has 0 bridgehead atoms. The number of benzene rings is 2. The zero-order valence-electron chi connectivity index (χ0n) is 13.2. The minimum absolute atomic E-state index is 0.0497. The molecule has 0 unspecified atom stereocenters. The van der Waals surface area contributed by atoms with E-state index in [1.165, 1.54) is 11.1 Å². The van der Waals surface area contributed by atoms with Crippen molar-refractivity contribution in [3.8, 4) is 5.75 Å². The van der Waals surface area contributed by atoms with E-state index in [1.807, 2.05) is 29.2 Å². The number of carbonyl (C=O) groups is 2. The van der Waals surface area contributed by atoms with Gasteiger partial charge in [-0.3, -0.25) is 9.59 Å². The summed E-state index contributed by atoms with van der Waals surface area (Å²) < 4.78 is 5.67. The normalized spacial score (nSPS) is 15.5. The quantitative estimate of drug-likeness (QED) is 0.939. The highest BCUT2D eigenvalue weighted by molar-refractivity contribution is 6.01. The average Bonchev–Trinajstić information content (AvgIpc) is 3.01. The lowest BCUT2D eigenvalue weighted by atomic mass is 10.00. The Bertz CT molecular complexity index is 816. The first kappa shape index (κ1) is 14.8. The summed E-state index contributed by atoms with van der Waals surface area (Å²) in [5.74, 6) is 0.286. The maximum Gasteiger partial charge on any atom is 0.260 e. The molecule has 24 heavy (non-hydrogen) atoms. The predicted octanol–water partition coefficient (Wildman–Crippen LogP) is 1.89. The predicted molar refractivity (Wildman–Crippen MR) is 88.7 cm³/mol. The second kappa shape index (κ2) is 6.00. The van der Waals surface area contributed by atoms with Crippen molar-refractivity contribution in [2.24, 2.45) is 0 Å². The molecule has 0 aromatic heterocycles. The first-order chi connectivity index (χ1) is 11.7. The van der Waals surface area contributed by atoms with Crippen LogP contribution in [-0.4, -0.2) is 29.9 Å². The van der Waals surface area contributed by atoms with Crippen molar-refractivity contribution in [1.82, 2.24) is 10.2 Å². The van der Waals surface area contributed by atoms with Crippen LogP contribution in [0.1, 0.15) is 27.0 Å². The Hall–Kier alpha value is -2.82. The lowest BCUT2D eigenvalue weighted by molar-refractivity contribution is -0.134. The van der Waals surface area contributed by atoms with Crippen molar-refractivity contribution in [3.63, 3.8) is 0 Å². The number of hydrogen-bond donors (Lipinski definition) is 1. The lowest BCUT2D eigenvalue weighted by Crippen LogP contribution is -2.38. The summed E-state index contributed by atoms with van der Waals surface area (Å²) in [7, 11) is 0. The molecule has 4 rings (SSSR count). The number of carbonyl (C=O) groups excluding carboxylic acids is 2. The number of rotatable bonds is 3. The van der Waals surface area contributed by atoms with Crippen LogP contribution >= 0.6 is 0 Å². The molecule has 0 radical (unpaired) electrons. The Morgan fingerprint density at radius 3 is 2.75 bits per heavy atom. The molecule has 5 heteroatoms. The molecule has 2 heterocycles. The van der Waals surface area contributed by atoms with Crippen molar-refractivity contribution in [2.45, 2.75) is 19.5 Å². The van der Waals surface area contributed by atoms with Crippen LogP contribution in [-0.2, 0) is 24.3 Å². The van der Waals surface area contributed by atoms with Gasteiger partial charge in [-0.2, -0.15) is 0 Å². The van der Waals surface area contributed by atoms with Gasteiger partial charge in [0.05, 0.1) is 5.56 Å². The molecular weight excluding hydrogens is 304 g/mol. The Kier molecular flexibility index (Phi) is 3.69. The third-order valence-electron chi connectivity index (χ3n) is 4.61. The van der Waals surface area contributed by atoms with Gasteiger partial charge in [-0.1, -0.05) is 36.4 Å². The largest absolute Gasteiger partial charge is 0.483 e. The van der Waals surface area contributed by atoms with E-state index in [1.54, 1.807) is 6.07 Å². The smallest absolute Gasteiger partial charge is 0.260 e. The van der Waals surface area contributed by atoms with E-state index in [2.05, 4.69) is 17.4 Å². The minimum Gasteiger partial charge on any atom is -0.483 e. The van der Waals surface area contributed by atoms with Gasteiger partial charge in [0.15, 0.2) is 6.61 Å². The van der Waals surface area contributed by atoms with E-state index in [4.69, 9.17) is 4.74 Å². The Balaban J connectivity index is 1.43. The van der Waals surface area contributed by atoms with E-state index >= 15 is 0 Å². The highest BCUT2D eigenvalue weighted by Gasteiger charge is 2.25. The maximum absolute atomic E-state index is 12.5. The molecule has 0 saturated heterocycles. The van der Waals surface area contributed by atoms with Crippen LogP contribution in [0.3, 0.4) is 0 Å². The average molecular weight is 322 g/mol. The van der Waals surface area contributed by atoms with Crippen LogP contribution in [0.25, 0.3) is 0 Å². The number of ether oxygens (including phenoxy) is 1. The SMILES string of the molecule is O=C1NCc2cccc(OCC(=O)N3CCc4ccccc4C3)c21. The van der Waals surface area contributed by atoms with Crippen molar-refractivity contribution >= 4 is 11.8 Å². The van der Waals surface area contributed by atoms with Gasteiger partial charge >= 0.3 is 0 Å². The van der Waals surface area contributed by atoms with Crippen molar-refractivity contribution < 1.29 is 14.3 Å². The van der Waals surface area contributed by atoms with Gasteiger partial charge in [-0.05, 0) is 29.2 Å². The third kappa shape index (κ3) is 2.62. The zero-order valence-corrected chi connectivity index (χ0v) is 13.2. The van der Waals surface area contributed by atoms with E-state index in [0.717, 1.165) is 12.0 Å². The molecule has 2 aromatic carbocycles. The lowest BCUT2D eigenvalue weighted by Gasteiger charge is -2.28. The zero-order chi connectivity index (χ0) is 16.5. The molecule has 2 amide bonds. The summed E-state index contributed by atoms with van der Waals surface area (Å²) in [4.78, 5) is 26.2. The second-order valence-electron chi connectivity index (χ2n) is 6.10. The van der Waals surface area contributed by atoms with Crippen LogP contribution < -0.4 is 10.1 Å². The van der Waals surface area contributed by atoms with E-state index in [9.17, 15) is 9.59 Å². The topological polar surface area (TPSA) is 58.6 Å². The monoisotopic (exact) mass is 322 g/mol. The van der Waals surface area contributed by atoms with Gasteiger partial charge in [0, 0.05) is 19.6 Å². The Labute approximate surface area is 140 Å². The summed E-state index contributed by atoms with van der Waals surface area (Å²) in [5, 5.41) is 2.77. The van der Waals surface area contributed by atoms with Crippen LogP contribution in [0.2, 0.25) is 0 Å². The van der Waals surface area contributed by atoms with E-state index in [-0.39, 0.29) is 18.4 Å². The van der Waals surface area contributed by atoms with Gasteiger partial charge in [0.25, 0.3) is 11.8 Å². The van der Waals surface area contributed by atoms with Gasteiger partial charge in [-0.15, -0.1) is 0 Å². The molecule has 0 atom stereocenters. The number of nitrogens with one attached hydrogen (secondary N) is 1. The molecule has 2 aliphatic heterocycles. The van der Waals surface area contributed by atoms with Gasteiger partial charge < -0.3 is 15.0 Å². The maximum atomic E-state index is 12.5. The highest BCUT2D eigenvalue weighted by Crippen LogP contribution is 2.26. The fourth-order valence-corrected chi connectivity index (χ4v) is 3.31. The number of amides is 2. The molecular formula is C19H18N2O3. The summed E-state index contributed by atoms with van der Waals surface area (Å²) >= 11 is 0. The van der Waals surface area contributed by atoms with Crippen LogP contribution in [0.5, 0.6) is 5.75 Å². The first-order valence-corrected chi connectivity index (χ1v) is 8.10. The summed E-state index contributed by atoms with van der Waals surface area (Å²) in [5.41, 5.74) is 3.96. The van der Waals surface area contributed by atoms with Crippen LogP contribution in [0, 0.1) is 0 Å². The molecule has 0 saturated carbocycles. The van der Waals surface area contributed by atoms with Gasteiger partial charge in [-0.25, -0.2) is 0 Å². The number of hydrogen-bond acceptors (Lipinski definition) is 3. The van der Waals surface area contributed by atoms with E-state index < -0.39 is 0 Å². The summed E-state index contributed by atoms with van der Waals surface area (Å²) in [6.07, 6.45) is 0.866. The molecule has 2 aromatic rings. The first-order valence-electron chi connectivity index (χ1n) is 8.10. The molecule has 0 aliphatic carbocycles. The molecule has 0 spiro atoms. The van der Waals surface area contributed by atoms with Gasteiger partial charge in [0.2, 0.25) is 0 Å². The molecule has 1 N–H and O–H groups in total. The number of nitrogens with zero attached hydrogens (tertiary/aromatic N) is 1. The molecule has 2 aliphatic rings. The third-order valence-corrected chi connectivity index (χ3v) is 4.61. The van der Waals surface area contributed by atoms with Crippen molar-refractivity contribution in [3.05, 3.63) is 64.7 Å². The fourth-order valence-electron chi connectivity index (χ4n) is 3.31. The number of fused-ring (bicyclic) bond motifs is 2. The standard InChI is InChI=1S/C19H18N2O3/c22-17(21-9-8-13-4-1-2-5-15(13)11-21)12-24-16-7-3-6-14-10-20-19(23)18(14)16/h1-7H,8-12H2,(H,20,23). The molecule has 122 valence electrons. The highest BCUT2D eigenvalue weighted by atomic mass is 16.5. The second-order valence-corrected chi connectivity index (χ2v) is 6.10.